The highest BCUT2D eigenvalue weighted by atomic mass is 32.1. The third-order valence-corrected chi connectivity index (χ3v) is 15.7. The summed E-state index contributed by atoms with van der Waals surface area (Å²) in [6.07, 6.45) is 0. The average molecular weight is 860 g/mol. The van der Waals surface area contributed by atoms with Gasteiger partial charge in [-0.25, -0.2) is 0 Å². The maximum atomic E-state index is 2.43. The predicted octanol–water partition coefficient (Wildman–Crippen LogP) is 17.5. The first-order valence-corrected chi connectivity index (χ1v) is 23.8. The summed E-state index contributed by atoms with van der Waals surface area (Å²) >= 11 is 1.86. The molecule has 0 fully saturated rings. The van der Waals surface area contributed by atoms with Crippen molar-refractivity contribution >= 4 is 48.6 Å². The first kappa shape index (κ1) is 38.7. The van der Waals surface area contributed by atoms with E-state index in [9.17, 15) is 0 Å². The Bertz CT molecular complexity index is 3620. The molecule has 0 unspecified atom stereocenters. The maximum Gasteiger partial charge on any atom is 0.0713 e. The van der Waals surface area contributed by atoms with Crippen molar-refractivity contribution in [1.29, 1.82) is 0 Å². The van der Waals surface area contributed by atoms with Crippen LogP contribution in [0.15, 0.2) is 237 Å². The Hall–Kier alpha value is -7.78. The summed E-state index contributed by atoms with van der Waals surface area (Å²) in [7, 11) is 0. The highest BCUT2D eigenvalue weighted by Gasteiger charge is 2.46. The van der Waals surface area contributed by atoms with Crippen molar-refractivity contribution in [1.82, 2.24) is 0 Å². The van der Waals surface area contributed by atoms with E-state index in [1.807, 2.05) is 11.3 Å². The van der Waals surface area contributed by atoms with Crippen molar-refractivity contribution in [3.63, 3.8) is 0 Å². The van der Waals surface area contributed by atoms with E-state index in [1.165, 1.54) is 98.1 Å². The Morgan fingerprint density at radius 2 is 0.803 bits per heavy atom. The van der Waals surface area contributed by atoms with Crippen LogP contribution in [0.2, 0.25) is 0 Å². The highest BCUT2D eigenvalue weighted by molar-refractivity contribution is 7.25. The van der Waals surface area contributed by atoms with Crippen molar-refractivity contribution in [2.75, 3.05) is 4.90 Å². The largest absolute Gasteiger partial charge is 0.310 e. The van der Waals surface area contributed by atoms with Gasteiger partial charge in [0.05, 0.1) is 5.41 Å². The molecule has 0 bridgehead atoms. The molecule has 1 nitrogen and oxygen atoms in total. The van der Waals surface area contributed by atoms with Crippen LogP contribution in [0.1, 0.15) is 47.2 Å². The first-order valence-electron chi connectivity index (χ1n) is 23.0. The quantitative estimate of drug-likeness (QED) is 0.154. The van der Waals surface area contributed by atoms with Gasteiger partial charge in [-0.15, -0.1) is 11.3 Å². The van der Waals surface area contributed by atoms with Gasteiger partial charge < -0.3 is 4.90 Å². The zero-order valence-corrected chi connectivity index (χ0v) is 37.7. The summed E-state index contributed by atoms with van der Waals surface area (Å²) in [6, 6.07) is 88.2. The maximum absolute atomic E-state index is 2.43. The smallest absolute Gasteiger partial charge is 0.0713 e. The molecule has 0 N–H and O–H groups in total. The minimum atomic E-state index is -0.413. The minimum Gasteiger partial charge on any atom is -0.310 e. The number of thiophene rings is 1. The van der Waals surface area contributed by atoms with Gasteiger partial charge in [0, 0.05) is 42.6 Å². The van der Waals surface area contributed by atoms with E-state index in [0.717, 1.165) is 17.1 Å². The highest BCUT2D eigenvalue weighted by Crippen LogP contribution is 2.57. The van der Waals surface area contributed by atoms with Crippen LogP contribution in [0.4, 0.5) is 17.1 Å². The third-order valence-electron chi connectivity index (χ3n) is 14.6. The lowest BCUT2D eigenvalue weighted by molar-refractivity contribution is 0.660. The minimum absolute atomic E-state index is 0.114. The summed E-state index contributed by atoms with van der Waals surface area (Å²) < 4.78 is 2.65. The van der Waals surface area contributed by atoms with E-state index >= 15 is 0 Å². The van der Waals surface area contributed by atoms with Crippen LogP contribution < -0.4 is 4.90 Å². The van der Waals surface area contributed by atoms with Crippen LogP contribution in [0, 0.1) is 0 Å². The topological polar surface area (TPSA) is 3.24 Å². The van der Waals surface area contributed by atoms with E-state index in [-0.39, 0.29) is 5.41 Å². The van der Waals surface area contributed by atoms with Crippen LogP contribution in [-0.4, -0.2) is 0 Å². The zero-order valence-electron chi connectivity index (χ0n) is 36.9. The number of fused-ring (bicyclic) bond motifs is 9. The second-order valence-corrected chi connectivity index (χ2v) is 19.5. The fourth-order valence-corrected chi connectivity index (χ4v) is 12.5. The standard InChI is InChI=1S/C64H45NS/c1-63(2)57-22-12-9-19-51(57)53-36-35-50(41-60(53)63)65(49-33-27-43(28-34-49)45-30-38-62-56(40-45)54-21-11-14-24-61(54)66-62)48-31-25-42(26-32-48)44-29-37-59-55(39-44)52-20-10-13-23-58(52)64(59,46-15-5-3-6-16-46)47-17-7-4-8-18-47/h3-41H,1-2H3. The van der Waals surface area contributed by atoms with Gasteiger partial charge in [0.25, 0.3) is 0 Å². The molecule has 2 heteroatoms. The van der Waals surface area contributed by atoms with E-state index < -0.39 is 5.41 Å². The fraction of sp³-hybridized carbons (Fsp3) is 0.0625. The molecule has 0 atom stereocenters. The summed E-state index contributed by atoms with van der Waals surface area (Å²) in [5, 5.41) is 2.64. The molecule has 0 spiro atoms. The van der Waals surface area contributed by atoms with Crippen molar-refractivity contribution in [3.05, 3.63) is 270 Å². The van der Waals surface area contributed by atoms with Crippen molar-refractivity contribution < 1.29 is 0 Å². The van der Waals surface area contributed by atoms with Crippen LogP contribution in [0.3, 0.4) is 0 Å². The van der Waals surface area contributed by atoms with Crippen molar-refractivity contribution in [2.45, 2.75) is 24.7 Å². The average Bonchev–Trinajstić information content (AvgIpc) is 3.98. The first-order chi connectivity index (χ1) is 32.5. The lowest BCUT2D eigenvalue weighted by atomic mass is 9.67. The van der Waals surface area contributed by atoms with Gasteiger partial charge in [-0.05, 0) is 139 Å². The Morgan fingerprint density at radius 1 is 0.318 bits per heavy atom. The molecule has 11 aromatic rings. The molecular weight excluding hydrogens is 815 g/mol. The molecular formula is C64H45NS. The molecule has 0 saturated carbocycles. The molecule has 0 radical (unpaired) electrons. The van der Waals surface area contributed by atoms with E-state index in [1.54, 1.807) is 0 Å². The fourth-order valence-electron chi connectivity index (χ4n) is 11.4. The van der Waals surface area contributed by atoms with Crippen LogP contribution in [0.5, 0.6) is 0 Å². The number of rotatable bonds is 7. The van der Waals surface area contributed by atoms with Crippen LogP contribution in [0.25, 0.3) is 64.7 Å². The summed E-state index contributed by atoms with van der Waals surface area (Å²) in [5.41, 5.74) is 20.9. The zero-order chi connectivity index (χ0) is 44.0. The molecule has 2 aliphatic rings. The van der Waals surface area contributed by atoms with Gasteiger partial charge in [0.2, 0.25) is 0 Å². The van der Waals surface area contributed by atoms with E-state index in [2.05, 4.69) is 255 Å². The van der Waals surface area contributed by atoms with Gasteiger partial charge >= 0.3 is 0 Å². The number of hydrogen-bond acceptors (Lipinski definition) is 2. The number of anilines is 3. The van der Waals surface area contributed by atoms with Crippen LogP contribution >= 0.6 is 11.3 Å². The SMILES string of the molecule is CC1(C)c2ccccc2-c2ccc(N(c3ccc(-c4ccc5c(c4)-c4ccccc4C5(c4ccccc4)c4ccccc4)cc3)c3ccc(-c4ccc5sc6ccccc6c5c4)cc3)cc21. The van der Waals surface area contributed by atoms with Crippen molar-refractivity contribution in [2.24, 2.45) is 0 Å². The number of nitrogens with zero attached hydrogens (tertiary/aromatic N) is 1. The summed E-state index contributed by atoms with van der Waals surface area (Å²) in [6.45, 7) is 4.73. The second-order valence-electron chi connectivity index (χ2n) is 18.4. The Kier molecular flexibility index (Phi) is 8.72. The molecule has 2 aliphatic carbocycles. The van der Waals surface area contributed by atoms with Gasteiger partial charge in [0.15, 0.2) is 0 Å². The Labute approximate surface area is 390 Å². The molecule has 1 heterocycles. The Morgan fingerprint density at radius 3 is 1.48 bits per heavy atom. The van der Waals surface area contributed by atoms with Crippen LogP contribution in [-0.2, 0) is 10.8 Å². The molecule has 312 valence electrons. The molecule has 0 aliphatic heterocycles. The Balaban J connectivity index is 0.911. The monoisotopic (exact) mass is 859 g/mol. The van der Waals surface area contributed by atoms with Gasteiger partial charge in [-0.2, -0.15) is 0 Å². The molecule has 1 aromatic heterocycles. The van der Waals surface area contributed by atoms with Gasteiger partial charge in [0.1, 0.15) is 0 Å². The van der Waals surface area contributed by atoms with E-state index in [0.29, 0.717) is 0 Å². The molecule has 66 heavy (non-hydrogen) atoms. The molecule has 10 aromatic carbocycles. The third kappa shape index (κ3) is 5.78. The number of benzene rings is 10. The van der Waals surface area contributed by atoms with Gasteiger partial charge in [-0.1, -0.05) is 190 Å². The lowest BCUT2D eigenvalue weighted by Gasteiger charge is -2.33. The summed E-state index contributed by atoms with van der Waals surface area (Å²) in [5.74, 6) is 0. The van der Waals surface area contributed by atoms with Crippen molar-refractivity contribution in [3.8, 4) is 44.5 Å². The number of hydrogen-bond donors (Lipinski definition) is 0. The van der Waals surface area contributed by atoms with Gasteiger partial charge in [-0.3, -0.25) is 0 Å². The molecule has 0 amide bonds. The molecule has 13 rings (SSSR count). The predicted molar refractivity (Wildman–Crippen MR) is 280 cm³/mol. The normalized spacial score (nSPS) is 13.8. The van der Waals surface area contributed by atoms with E-state index in [4.69, 9.17) is 0 Å². The lowest BCUT2D eigenvalue weighted by Crippen LogP contribution is -2.28. The molecule has 0 saturated heterocycles. The summed E-state index contributed by atoms with van der Waals surface area (Å²) in [4.78, 5) is 2.43. The second kappa shape index (κ2) is 14.9.